The summed E-state index contributed by atoms with van der Waals surface area (Å²) in [6.07, 6.45) is 0. The van der Waals surface area contributed by atoms with Crippen molar-refractivity contribution in [1.82, 2.24) is 4.98 Å². The zero-order valence-corrected chi connectivity index (χ0v) is 17.1. The highest BCUT2D eigenvalue weighted by molar-refractivity contribution is 6.05. The van der Waals surface area contributed by atoms with Crippen LogP contribution in [0.5, 0.6) is 11.6 Å². The van der Waals surface area contributed by atoms with Gasteiger partial charge in [0.15, 0.2) is 0 Å². The van der Waals surface area contributed by atoms with Crippen molar-refractivity contribution in [2.45, 2.75) is 20.4 Å². The fourth-order valence-corrected chi connectivity index (χ4v) is 3.30. The molecule has 4 rings (SSSR count). The van der Waals surface area contributed by atoms with Crippen molar-refractivity contribution in [1.29, 1.82) is 0 Å². The first-order valence-corrected chi connectivity index (χ1v) is 9.73. The summed E-state index contributed by atoms with van der Waals surface area (Å²) in [6, 6.07) is 17.1. The maximum absolute atomic E-state index is 12.8. The highest BCUT2D eigenvalue weighted by Gasteiger charge is 2.10. The number of carbonyl (C=O) groups is 1. The van der Waals surface area contributed by atoms with Gasteiger partial charge in [0.2, 0.25) is 5.88 Å². The van der Waals surface area contributed by atoms with Crippen LogP contribution in [0.1, 0.15) is 27.2 Å². The SMILES string of the molecule is Cc1cc(CN)cc(Oc2cccc(C(=O)Nc3ccc4c(C)cc(=O)oc4c3)c2)n1. The van der Waals surface area contributed by atoms with E-state index >= 15 is 0 Å². The lowest BCUT2D eigenvalue weighted by Gasteiger charge is -2.10. The van der Waals surface area contributed by atoms with Gasteiger partial charge in [0.05, 0.1) is 0 Å². The topological polar surface area (TPSA) is 107 Å². The molecule has 3 N–H and O–H groups in total. The van der Waals surface area contributed by atoms with Crippen molar-refractivity contribution >= 4 is 22.6 Å². The summed E-state index contributed by atoms with van der Waals surface area (Å²) in [5, 5.41) is 3.63. The zero-order valence-electron chi connectivity index (χ0n) is 17.1. The van der Waals surface area contributed by atoms with Crippen LogP contribution in [0.15, 0.2) is 69.9 Å². The number of aryl methyl sites for hydroxylation is 2. The van der Waals surface area contributed by atoms with E-state index in [0.29, 0.717) is 35.0 Å². The number of pyridine rings is 1. The van der Waals surface area contributed by atoms with Gasteiger partial charge in [0, 0.05) is 47.1 Å². The van der Waals surface area contributed by atoms with Crippen molar-refractivity contribution in [3.05, 3.63) is 93.5 Å². The van der Waals surface area contributed by atoms with Crippen LogP contribution in [0.2, 0.25) is 0 Å². The summed E-state index contributed by atoms with van der Waals surface area (Å²) in [7, 11) is 0. The molecule has 4 aromatic rings. The normalized spacial score (nSPS) is 10.8. The second-order valence-corrected chi connectivity index (χ2v) is 7.20. The van der Waals surface area contributed by atoms with Crippen LogP contribution >= 0.6 is 0 Å². The number of carbonyl (C=O) groups excluding carboxylic acids is 1. The number of benzene rings is 2. The number of nitrogens with two attached hydrogens (primary N) is 1. The summed E-state index contributed by atoms with van der Waals surface area (Å²) in [6.45, 7) is 4.08. The Balaban J connectivity index is 1.55. The summed E-state index contributed by atoms with van der Waals surface area (Å²) in [4.78, 5) is 28.7. The monoisotopic (exact) mass is 415 g/mol. The Morgan fingerprint density at radius 1 is 1.10 bits per heavy atom. The van der Waals surface area contributed by atoms with Gasteiger partial charge in [0.25, 0.3) is 5.91 Å². The van der Waals surface area contributed by atoms with E-state index in [0.717, 1.165) is 22.2 Å². The quantitative estimate of drug-likeness (QED) is 0.470. The summed E-state index contributed by atoms with van der Waals surface area (Å²) in [5.74, 6) is 0.575. The lowest BCUT2D eigenvalue weighted by molar-refractivity contribution is 0.102. The Labute approximate surface area is 178 Å². The summed E-state index contributed by atoms with van der Waals surface area (Å²) >= 11 is 0. The Morgan fingerprint density at radius 3 is 2.74 bits per heavy atom. The Bertz CT molecular complexity index is 1340. The first kappa shape index (κ1) is 20.3. The lowest BCUT2D eigenvalue weighted by atomic mass is 10.1. The second kappa shape index (κ2) is 8.41. The number of hydrogen-bond acceptors (Lipinski definition) is 6. The molecule has 0 fully saturated rings. The number of nitrogens with zero attached hydrogens (tertiary/aromatic N) is 1. The van der Waals surface area contributed by atoms with Gasteiger partial charge in [-0.25, -0.2) is 9.78 Å². The number of nitrogens with one attached hydrogen (secondary N) is 1. The number of ether oxygens (including phenoxy) is 1. The average molecular weight is 415 g/mol. The molecule has 7 nitrogen and oxygen atoms in total. The van der Waals surface area contributed by atoms with E-state index in [-0.39, 0.29) is 5.91 Å². The minimum Gasteiger partial charge on any atom is -0.439 e. The molecule has 0 saturated carbocycles. The van der Waals surface area contributed by atoms with E-state index in [1.165, 1.54) is 6.07 Å². The molecule has 0 aliphatic rings. The fraction of sp³-hybridized carbons (Fsp3) is 0.125. The Kier molecular flexibility index (Phi) is 5.51. The molecule has 7 heteroatoms. The van der Waals surface area contributed by atoms with E-state index < -0.39 is 5.63 Å². The molecule has 0 saturated heterocycles. The molecule has 0 bridgehead atoms. The molecule has 2 aromatic heterocycles. The van der Waals surface area contributed by atoms with Gasteiger partial charge in [-0.05, 0) is 61.4 Å². The van der Waals surface area contributed by atoms with Crippen LogP contribution in [-0.2, 0) is 6.54 Å². The third kappa shape index (κ3) is 4.62. The first-order chi connectivity index (χ1) is 14.9. The van der Waals surface area contributed by atoms with Crippen LogP contribution in [0.25, 0.3) is 11.0 Å². The predicted octanol–water partition coefficient (Wildman–Crippen LogP) is 4.31. The van der Waals surface area contributed by atoms with E-state index in [2.05, 4.69) is 10.3 Å². The highest BCUT2D eigenvalue weighted by Crippen LogP contribution is 2.24. The molecule has 31 heavy (non-hydrogen) atoms. The van der Waals surface area contributed by atoms with Crippen LogP contribution in [0, 0.1) is 13.8 Å². The fourth-order valence-electron chi connectivity index (χ4n) is 3.30. The molecule has 0 unspecified atom stereocenters. The van der Waals surface area contributed by atoms with Gasteiger partial charge >= 0.3 is 5.63 Å². The van der Waals surface area contributed by atoms with Crippen LogP contribution in [-0.4, -0.2) is 10.9 Å². The molecular formula is C24H21N3O4. The number of hydrogen-bond donors (Lipinski definition) is 2. The second-order valence-electron chi connectivity index (χ2n) is 7.20. The van der Waals surface area contributed by atoms with Gasteiger partial charge < -0.3 is 20.2 Å². The van der Waals surface area contributed by atoms with Crippen molar-refractivity contribution in [2.24, 2.45) is 5.73 Å². The number of anilines is 1. The van der Waals surface area contributed by atoms with Crippen LogP contribution < -0.4 is 21.4 Å². The molecular weight excluding hydrogens is 394 g/mol. The molecule has 1 amide bonds. The Morgan fingerprint density at radius 2 is 1.94 bits per heavy atom. The number of rotatable bonds is 5. The average Bonchev–Trinajstić information content (AvgIpc) is 2.73. The molecule has 2 aromatic carbocycles. The van der Waals surface area contributed by atoms with E-state index in [9.17, 15) is 9.59 Å². The van der Waals surface area contributed by atoms with Gasteiger partial charge in [0.1, 0.15) is 11.3 Å². The van der Waals surface area contributed by atoms with E-state index in [1.807, 2.05) is 19.9 Å². The zero-order chi connectivity index (χ0) is 22.0. The molecule has 0 radical (unpaired) electrons. The minimum atomic E-state index is -0.430. The maximum atomic E-state index is 12.8. The molecule has 2 heterocycles. The van der Waals surface area contributed by atoms with Crippen molar-refractivity contribution < 1.29 is 13.9 Å². The summed E-state index contributed by atoms with van der Waals surface area (Å²) < 4.78 is 11.1. The van der Waals surface area contributed by atoms with Crippen LogP contribution in [0.3, 0.4) is 0 Å². The van der Waals surface area contributed by atoms with Crippen molar-refractivity contribution in [3.63, 3.8) is 0 Å². The first-order valence-electron chi connectivity index (χ1n) is 9.73. The lowest BCUT2D eigenvalue weighted by Crippen LogP contribution is -2.12. The van der Waals surface area contributed by atoms with E-state index in [4.69, 9.17) is 14.9 Å². The Hall–Kier alpha value is -3.97. The van der Waals surface area contributed by atoms with Gasteiger partial charge in [-0.3, -0.25) is 4.79 Å². The molecule has 156 valence electrons. The number of amides is 1. The summed E-state index contributed by atoms with van der Waals surface area (Å²) in [5.41, 5.74) is 9.15. The molecule has 0 aliphatic carbocycles. The van der Waals surface area contributed by atoms with Crippen molar-refractivity contribution in [3.8, 4) is 11.6 Å². The van der Waals surface area contributed by atoms with Crippen molar-refractivity contribution in [2.75, 3.05) is 5.32 Å². The van der Waals surface area contributed by atoms with Gasteiger partial charge in [-0.1, -0.05) is 6.07 Å². The molecule has 0 atom stereocenters. The van der Waals surface area contributed by atoms with Crippen LogP contribution in [0.4, 0.5) is 5.69 Å². The highest BCUT2D eigenvalue weighted by atomic mass is 16.5. The number of aromatic nitrogens is 1. The third-order valence-electron chi connectivity index (χ3n) is 4.75. The third-order valence-corrected chi connectivity index (χ3v) is 4.75. The molecule has 0 aliphatic heterocycles. The van der Waals surface area contributed by atoms with Gasteiger partial charge in [-0.15, -0.1) is 0 Å². The predicted molar refractivity (Wildman–Crippen MR) is 119 cm³/mol. The largest absolute Gasteiger partial charge is 0.439 e. The number of fused-ring (bicyclic) bond motifs is 1. The standard InChI is InChI=1S/C24H21N3O4/c1-14-8-23(28)31-21-12-18(6-7-20(14)21)27-24(29)17-4-3-5-19(11-17)30-22-10-16(13-25)9-15(2)26-22/h3-12H,13,25H2,1-2H3,(H,27,29). The van der Waals surface area contributed by atoms with E-state index in [1.54, 1.807) is 48.5 Å². The van der Waals surface area contributed by atoms with Gasteiger partial charge in [-0.2, -0.15) is 0 Å². The minimum absolute atomic E-state index is 0.320. The smallest absolute Gasteiger partial charge is 0.336 e. The molecule has 0 spiro atoms. The maximum Gasteiger partial charge on any atom is 0.336 e.